The summed E-state index contributed by atoms with van der Waals surface area (Å²) in [5.74, 6) is -0.365. The second-order valence-corrected chi connectivity index (χ2v) is 6.33. The fraction of sp³-hybridized carbons (Fsp3) is 0. The van der Waals surface area contributed by atoms with Crippen molar-refractivity contribution in [3.05, 3.63) is 55.1 Å². The number of hydrazone groups is 1. The van der Waals surface area contributed by atoms with Crippen LogP contribution in [0.3, 0.4) is 0 Å². The number of carbonyl (C=O) groups is 1. The molecule has 2 N–H and O–H groups in total. The number of hydrogen-bond donors (Lipinski definition) is 2. The third kappa shape index (κ3) is 3.90. The lowest BCUT2D eigenvalue weighted by Crippen LogP contribution is -2.18. The van der Waals surface area contributed by atoms with E-state index in [0.29, 0.717) is 19.0 Å². The molecule has 0 fully saturated rings. The van der Waals surface area contributed by atoms with E-state index in [0.717, 1.165) is 0 Å². The Morgan fingerprint density at radius 3 is 2.71 bits per heavy atom. The van der Waals surface area contributed by atoms with E-state index in [9.17, 15) is 9.90 Å². The maximum Gasteiger partial charge on any atom is 0.289 e. The molecule has 8 heteroatoms. The molecule has 21 heavy (non-hydrogen) atoms. The largest absolute Gasteiger partial charge is 0.506 e. The Bertz CT molecular complexity index is 706. The Kier molecular flexibility index (Phi) is 5.49. The fourth-order valence-electron chi connectivity index (χ4n) is 1.42. The zero-order chi connectivity index (χ0) is 15.4. The molecule has 1 heterocycles. The minimum Gasteiger partial charge on any atom is -0.506 e. The molecule has 1 amide bonds. The molecule has 5 nitrogen and oxygen atoms in total. The van der Waals surface area contributed by atoms with Crippen molar-refractivity contribution in [1.82, 2.24) is 10.4 Å². The first-order chi connectivity index (χ1) is 10.0. The van der Waals surface area contributed by atoms with E-state index in [1.165, 1.54) is 12.4 Å². The summed E-state index contributed by atoms with van der Waals surface area (Å²) in [6, 6.07) is 6.70. The van der Waals surface area contributed by atoms with Crippen LogP contribution in [0.1, 0.15) is 16.1 Å². The number of aromatic nitrogens is 1. The SMILES string of the molecule is O=C(N/N=C/c1c(Br)cc(Br)c(O)c1Br)c1ccccn1. The van der Waals surface area contributed by atoms with Gasteiger partial charge in [-0.25, -0.2) is 5.43 Å². The van der Waals surface area contributed by atoms with Crippen LogP contribution in [0.15, 0.2) is 49.0 Å². The summed E-state index contributed by atoms with van der Waals surface area (Å²) in [4.78, 5) is 15.7. The molecule has 1 aromatic carbocycles. The van der Waals surface area contributed by atoms with E-state index >= 15 is 0 Å². The van der Waals surface area contributed by atoms with E-state index in [1.54, 1.807) is 24.3 Å². The van der Waals surface area contributed by atoms with Crippen LogP contribution in [0.4, 0.5) is 0 Å². The molecular weight excluding hydrogens is 470 g/mol. The van der Waals surface area contributed by atoms with Gasteiger partial charge in [0.05, 0.1) is 15.2 Å². The van der Waals surface area contributed by atoms with Crippen LogP contribution in [-0.4, -0.2) is 22.2 Å². The van der Waals surface area contributed by atoms with Gasteiger partial charge in [0, 0.05) is 16.2 Å². The minimum atomic E-state index is -0.416. The molecule has 0 spiro atoms. The van der Waals surface area contributed by atoms with Crippen molar-refractivity contribution in [2.75, 3.05) is 0 Å². The van der Waals surface area contributed by atoms with Gasteiger partial charge in [0.2, 0.25) is 0 Å². The van der Waals surface area contributed by atoms with Crippen molar-refractivity contribution in [1.29, 1.82) is 0 Å². The first kappa shape index (κ1) is 16.1. The average molecular weight is 478 g/mol. The topological polar surface area (TPSA) is 74.6 Å². The van der Waals surface area contributed by atoms with Gasteiger partial charge in [-0.3, -0.25) is 9.78 Å². The van der Waals surface area contributed by atoms with Crippen LogP contribution in [0, 0.1) is 0 Å². The highest BCUT2D eigenvalue weighted by Gasteiger charge is 2.12. The molecule has 1 aromatic heterocycles. The lowest BCUT2D eigenvalue weighted by Gasteiger charge is -2.06. The molecular formula is C13H8Br3N3O2. The van der Waals surface area contributed by atoms with Gasteiger partial charge in [-0.15, -0.1) is 0 Å². The molecule has 0 aliphatic heterocycles. The molecule has 2 aromatic rings. The molecule has 2 rings (SSSR count). The van der Waals surface area contributed by atoms with Crippen LogP contribution in [-0.2, 0) is 0 Å². The van der Waals surface area contributed by atoms with Crippen molar-refractivity contribution in [3.63, 3.8) is 0 Å². The summed E-state index contributed by atoms with van der Waals surface area (Å²) in [7, 11) is 0. The molecule has 0 saturated heterocycles. The quantitative estimate of drug-likeness (QED) is 0.521. The summed E-state index contributed by atoms with van der Waals surface area (Å²) in [6.45, 7) is 0. The van der Waals surface area contributed by atoms with Crippen molar-refractivity contribution in [3.8, 4) is 5.75 Å². The molecule has 0 aliphatic rings. The van der Waals surface area contributed by atoms with Crippen LogP contribution < -0.4 is 5.43 Å². The first-order valence-corrected chi connectivity index (χ1v) is 7.99. The number of amides is 1. The summed E-state index contributed by atoms with van der Waals surface area (Å²) in [6.07, 6.45) is 2.94. The van der Waals surface area contributed by atoms with Crippen LogP contribution >= 0.6 is 47.8 Å². The Balaban J connectivity index is 2.16. The first-order valence-electron chi connectivity index (χ1n) is 5.61. The molecule has 0 radical (unpaired) electrons. The maximum absolute atomic E-state index is 11.8. The lowest BCUT2D eigenvalue weighted by molar-refractivity contribution is 0.0950. The molecule has 0 aliphatic carbocycles. The third-order valence-electron chi connectivity index (χ3n) is 2.44. The number of phenols is 1. The number of nitrogens with one attached hydrogen (secondary N) is 1. The third-order valence-corrected chi connectivity index (χ3v) is 4.50. The molecule has 0 atom stereocenters. The molecule has 0 saturated carbocycles. The molecule has 0 unspecified atom stereocenters. The van der Waals surface area contributed by atoms with E-state index in [1.807, 2.05) is 0 Å². The van der Waals surface area contributed by atoms with Gasteiger partial charge in [0.1, 0.15) is 11.4 Å². The van der Waals surface area contributed by atoms with E-state index in [-0.39, 0.29) is 11.4 Å². The van der Waals surface area contributed by atoms with Crippen LogP contribution in [0.25, 0.3) is 0 Å². The van der Waals surface area contributed by atoms with Crippen molar-refractivity contribution in [2.24, 2.45) is 5.10 Å². The zero-order valence-electron chi connectivity index (χ0n) is 10.3. The van der Waals surface area contributed by atoms with Crippen molar-refractivity contribution in [2.45, 2.75) is 0 Å². The van der Waals surface area contributed by atoms with Gasteiger partial charge in [-0.2, -0.15) is 5.10 Å². The van der Waals surface area contributed by atoms with Crippen LogP contribution in [0.5, 0.6) is 5.75 Å². The number of phenolic OH excluding ortho intramolecular Hbond substituents is 1. The fourth-order valence-corrected chi connectivity index (χ4v) is 3.75. The normalized spacial score (nSPS) is 10.8. The predicted octanol–water partition coefficient (Wildman–Crippen LogP) is 3.84. The highest BCUT2D eigenvalue weighted by atomic mass is 79.9. The van der Waals surface area contributed by atoms with Gasteiger partial charge in [0.25, 0.3) is 5.91 Å². The smallest absolute Gasteiger partial charge is 0.289 e. The Labute approximate surface area is 145 Å². The number of pyridine rings is 1. The van der Waals surface area contributed by atoms with Crippen molar-refractivity contribution < 1.29 is 9.90 Å². The van der Waals surface area contributed by atoms with Gasteiger partial charge in [-0.1, -0.05) is 22.0 Å². The number of rotatable bonds is 3. The Hall–Kier alpha value is -1.25. The van der Waals surface area contributed by atoms with Crippen LogP contribution in [0.2, 0.25) is 0 Å². The highest BCUT2D eigenvalue weighted by Crippen LogP contribution is 2.38. The standard InChI is InChI=1S/C13H8Br3N3O2/c14-8-5-9(15)12(20)11(16)7(8)6-18-19-13(21)10-3-1-2-4-17-10/h1-6,20H,(H,19,21)/b18-6+. The average Bonchev–Trinajstić information content (AvgIpc) is 2.49. The van der Waals surface area contributed by atoms with Gasteiger partial charge >= 0.3 is 0 Å². The van der Waals surface area contributed by atoms with E-state index < -0.39 is 5.91 Å². The van der Waals surface area contributed by atoms with Gasteiger partial charge in [0.15, 0.2) is 0 Å². The maximum atomic E-state index is 11.8. The zero-order valence-corrected chi connectivity index (χ0v) is 15.1. The minimum absolute atomic E-state index is 0.0516. The Morgan fingerprint density at radius 1 is 1.29 bits per heavy atom. The number of benzene rings is 1. The molecule has 108 valence electrons. The van der Waals surface area contributed by atoms with E-state index in [2.05, 4.69) is 63.3 Å². The number of aromatic hydroxyl groups is 1. The number of nitrogens with zero attached hydrogens (tertiary/aromatic N) is 2. The summed E-state index contributed by atoms with van der Waals surface area (Å²) in [5, 5.41) is 13.7. The van der Waals surface area contributed by atoms with Gasteiger partial charge < -0.3 is 5.11 Å². The second-order valence-electron chi connectivity index (χ2n) is 3.83. The number of halogens is 3. The summed E-state index contributed by atoms with van der Waals surface area (Å²) in [5.41, 5.74) is 3.23. The monoisotopic (exact) mass is 475 g/mol. The lowest BCUT2D eigenvalue weighted by atomic mass is 10.2. The summed E-state index contributed by atoms with van der Waals surface area (Å²) >= 11 is 9.85. The molecule has 0 bridgehead atoms. The highest BCUT2D eigenvalue weighted by molar-refractivity contribution is 9.11. The Morgan fingerprint density at radius 2 is 2.05 bits per heavy atom. The summed E-state index contributed by atoms with van der Waals surface area (Å²) < 4.78 is 1.70. The number of carbonyl (C=O) groups excluding carboxylic acids is 1. The predicted molar refractivity (Wildman–Crippen MR) is 90.5 cm³/mol. The van der Waals surface area contributed by atoms with E-state index in [4.69, 9.17) is 0 Å². The second kappa shape index (κ2) is 7.15. The van der Waals surface area contributed by atoms with Crippen molar-refractivity contribution >= 4 is 59.9 Å². The number of hydrogen-bond acceptors (Lipinski definition) is 4. The van der Waals surface area contributed by atoms with Gasteiger partial charge in [-0.05, 0) is 50.1 Å².